The van der Waals surface area contributed by atoms with Gasteiger partial charge < -0.3 is 10.2 Å². The van der Waals surface area contributed by atoms with Crippen molar-refractivity contribution in [2.24, 2.45) is 17.8 Å². The van der Waals surface area contributed by atoms with Crippen LogP contribution < -0.4 is 10.2 Å². The van der Waals surface area contributed by atoms with Crippen LogP contribution in [0.5, 0.6) is 0 Å². The second-order valence-corrected chi connectivity index (χ2v) is 7.42. The van der Waals surface area contributed by atoms with E-state index in [2.05, 4.69) is 50.0 Å². The van der Waals surface area contributed by atoms with E-state index in [9.17, 15) is 0 Å². The molecule has 1 saturated heterocycles. The van der Waals surface area contributed by atoms with E-state index in [1.54, 1.807) is 0 Å². The van der Waals surface area contributed by atoms with E-state index in [0.29, 0.717) is 5.92 Å². The molecule has 0 saturated carbocycles. The molecule has 1 aromatic rings. The molecule has 1 fully saturated rings. The van der Waals surface area contributed by atoms with Crippen molar-refractivity contribution in [2.45, 2.75) is 40.7 Å². The molecule has 3 heteroatoms. The highest BCUT2D eigenvalue weighted by Gasteiger charge is 2.27. The van der Waals surface area contributed by atoms with Crippen LogP contribution in [0.4, 0.5) is 5.69 Å². The highest BCUT2D eigenvalue weighted by molar-refractivity contribution is 6.33. The van der Waals surface area contributed by atoms with Gasteiger partial charge in [-0.2, -0.15) is 0 Å². The maximum absolute atomic E-state index is 6.51. The van der Waals surface area contributed by atoms with Gasteiger partial charge in [0.25, 0.3) is 0 Å². The van der Waals surface area contributed by atoms with Crippen molar-refractivity contribution in [1.29, 1.82) is 0 Å². The average Bonchev–Trinajstić information content (AvgIpc) is 2.88. The normalized spacial score (nSPS) is 19.0. The Morgan fingerprint density at radius 1 is 1.29 bits per heavy atom. The molecule has 1 heterocycles. The monoisotopic (exact) mass is 308 g/mol. The number of hydrogen-bond donors (Lipinski definition) is 1. The molecule has 1 atom stereocenters. The minimum Gasteiger partial charge on any atom is -0.370 e. The lowest BCUT2D eigenvalue weighted by Crippen LogP contribution is -2.25. The van der Waals surface area contributed by atoms with Gasteiger partial charge >= 0.3 is 0 Å². The maximum atomic E-state index is 6.51. The first kappa shape index (κ1) is 16.6. The molecule has 0 aliphatic carbocycles. The van der Waals surface area contributed by atoms with Crippen LogP contribution in [0.2, 0.25) is 5.02 Å². The summed E-state index contributed by atoms with van der Waals surface area (Å²) in [6.45, 7) is 13.3. The summed E-state index contributed by atoms with van der Waals surface area (Å²) in [5.74, 6) is 2.21. The quantitative estimate of drug-likeness (QED) is 0.828. The van der Waals surface area contributed by atoms with Gasteiger partial charge in [-0.25, -0.2) is 0 Å². The summed E-state index contributed by atoms with van der Waals surface area (Å²) < 4.78 is 0. The topological polar surface area (TPSA) is 15.3 Å². The molecule has 1 N–H and O–H groups in total. The van der Waals surface area contributed by atoms with Crippen LogP contribution in [-0.4, -0.2) is 19.6 Å². The third kappa shape index (κ3) is 4.37. The predicted octanol–water partition coefficient (Wildman–Crippen LogP) is 4.57. The second-order valence-electron chi connectivity index (χ2n) is 7.01. The van der Waals surface area contributed by atoms with Crippen molar-refractivity contribution in [3.05, 3.63) is 28.8 Å². The van der Waals surface area contributed by atoms with E-state index in [1.165, 1.54) is 17.7 Å². The molecule has 1 aliphatic rings. The third-order valence-electron chi connectivity index (χ3n) is 4.42. The van der Waals surface area contributed by atoms with Gasteiger partial charge in [0.1, 0.15) is 0 Å². The minimum absolute atomic E-state index is 0.671. The Kier molecular flexibility index (Phi) is 5.95. The van der Waals surface area contributed by atoms with Crippen molar-refractivity contribution in [2.75, 3.05) is 24.5 Å². The van der Waals surface area contributed by atoms with Crippen molar-refractivity contribution >= 4 is 17.3 Å². The molecule has 0 radical (unpaired) electrons. The van der Waals surface area contributed by atoms with Crippen LogP contribution in [0.1, 0.15) is 39.7 Å². The largest absolute Gasteiger partial charge is 0.370 e. The molecular formula is C18H29ClN2. The fourth-order valence-electron chi connectivity index (χ4n) is 3.09. The van der Waals surface area contributed by atoms with Gasteiger partial charge in [-0.15, -0.1) is 0 Å². The highest BCUT2D eigenvalue weighted by atomic mass is 35.5. The molecule has 118 valence electrons. The molecular weight excluding hydrogens is 280 g/mol. The Bertz CT molecular complexity index is 457. The van der Waals surface area contributed by atoms with Crippen LogP contribution in [0.3, 0.4) is 0 Å². The molecule has 1 aliphatic heterocycles. The molecule has 0 aromatic heterocycles. The zero-order chi connectivity index (χ0) is 15.4. The van der Waals surface area contributed by atoms with Crippen molar-refractivity contribution < 1.29 is 0 Å². The Balaban J connectivity index is 2.11. The number of nitrogens with one attached hydrogen (secondary N) is 1. The van der Waals surface area contributed by atoms with Crippen LogP contribution in [-0.2, 0) is 6.54 Å². The lowest BCUT2D eigenvalue weighted by Gasteiger charge is -2.24. The van der Waals surface area contributed by atoms with Crippen molar-refractivity contribution in [3.63, 3.8) is 0 Å². The van der Waals surface area contributed by atoms with Gasteiger partial charge in [0, 0.05) is 19.6 Å². The van der Waals surface area contributed by atoms with Crippen LogP contribution in [0.25, 0.3) is 0 Å². The van der Waals surface area contributed by atoms with E-state index in [4.69, 9.17) is 11.6 Å². The van der Waals surface area contributed by atoms with E-state index in [1.807, 2.05) is 6.07 Å². The number of halogens is 1. The molecule has 2 rings (SSSR count). The van der Waals surface area contributed by atoms with Crippen molar-refractivity contribution in [1.82, 2.24) is 5.32 Å². The molecule has 21 heavy (non-hydrogen) atoms. The first-order valence-corrected chi connectivity index (χ1v) is 8.60. The summed E-state index contributed by atoms with van der Waals surface area (Å²) in [5.41, 5.74) is 2.58. The SMILES string of the molecule is CC(C)CNCc1cccc(Cl)c1N1CCC(C(C)C)C1. The Labute approximate surface area is 134 Å². The zero-order valence-electron chi connectivity index (χ0n) is 13.8. The molecule has 0 amide bonds. The summed E-state index contributed by atoms with van der Waals surface area (Å²) >= 11 is 6.51. The summed E-state index contributed by atoms with van der Waals surface area (Å²) in [6.07, 6.45) is 1.28. The third-order valence-corrected chi connectivity index (χ3v) is 4.73. The minimum atomic E-state index is 0.671. The predicted molar refractivity (Wildman–Crippen MR) is 93.2 cm³/mol. The molecule has 1 unspecified atom stereocenters. The van der Waals surface area contributed by atoms with Gasteiger partial charge in [0.2, 0.25) is 0 Å². The zero-order valence-corrected chi connectivity index (χ0v) is 14.6. The number of nitrogens with zero attached hydrogens (tertiary/aromatic N) is 1. The van der Waals surface area contributed by atoms with Crippen LogP contribution in [0, 0.1) is 17.8 Å². The Morgan fingerprint density at radius 3 is 2.67 bits per heavy atom. The highest BCUT2D eigenvalue weighted by Crippen LogP contribution is 2.35. The van der Waals surface area contributed by atoms with Crippen molar-refractivity contribution in [3.8, 4) is 0 Å². The Morgan fingerprint density at radius 2 is 2.05 bits per heavy atom. The number of anilines is 1. The van der Waals surface area contributed by atoms with Crippen LogP contribution in [0.15, 0.2) is 18.2 Å². The van der Waals surface area contributed by atoms with Crippen LogP contribution >= 0.6 is 11.6 Å². The summed E-state index contributed by atoms with van der Waals surface area (Å²) in [5, 5.41) is 4.43. The molecule has 2 nitrogen and oxygen atoms in total. The molecule has 0 bridgehead atoms. The molecule has 0 spiro atoms. The smallest absolute Gasteiger partial charge is 0.0642 e. The van der Waals surface area contributed by atoms with Gasteiger partial charge in [0.15, 0.2) is 0 Å². The molecule has 1 aromatic carbocycles. The fourth-order valence-corrected chi connectivity index (χ4v) is 3.40. The fraction of sp³-hybridized carbons (Fsp3) is 0.667. The van der Waals surface area contributed by atoms with E-state index in [-0.39, 0.29) is 0 Å². The summed E-state index contributed by atoms with van der Waals surface area (Å²) in [6, 6.07) is 6.29. The van der Waals surface area contributed by atoms with Gasteiger partial charge in [-0.3, -0.25) is 0 Å². The van der Waals surface area contributed by atoms with E-state index >= 15 is 0 Å². The van der Waals surface area contributed by atoms with E-state index < -0.39 is 0 Å². The van der Waals surface area contributed by atoms with Gasteiger partial charge in [0.05, 0.1) is 10.7 Å². The Hall–Kier alpha value is -0.730. The van der Waals surface area contributed by atoms with Gasteiger partial charge in [-0.05, 0) is 42.3 Å². The summed E-state index contributed by atoms with van der Waals surface area (Å²) in [4.78, 5) is 2.49. The number of para-hydroxylation sites is 1. The first-order chi connectivity index (χ1) is 9.99. The van der Waals surface area contributed by atoms with E-state index in [0.717, 1.165) is 43.0 Å². The average molecular weight is 309 g/mol. The lowest BCUT2D eigenvalue weighted by atomic mass is 9.95. The lowest BCUT2D eigenvalue weighted by molar-refractivity contribution is 0.422. The summed E-state index contributed by atoms with van der Waals surface area (Å²) in [7, 11) is 0. The second kappa shape index (κ2) is 7.51. The number of rotatable bonds is 6. The van der Waals surface area contributed by atoms with Gasteiger partial charge in [-0.1, -0.05) is 51.4 Å². The number of hydrogen-bond acceptors (Lipinski definition) is 2. The number of benzene rings is 1. The maximum Gasteiger partial charge on any atom is 0.0642 e. The standard InChI is InChI=1S/C18H29ClN2/c1-13(2)10-20-11-15-6-5-7-17(19)18(15)21-9-8-16(12-21)14(3)4/h5-7,13-14,16,20H,8-12H2,1-4H3. The first-order valence-electron chi connectivity index (χ1n) is 8.22.